The van der Waals surface area contributed by atoms with Gasteiger partial charge in [-0.2, -0.15) is 0 Å². The zero-order valence-electron chi connectivity index (χ0n) is 23.5. The SMILES string of the molecule is CCOC(=O)C1C(C)=NC2=C(C(=O)C[C@@H](c3ccc(OC)c(OC)c3)C2)[C@H]1c1cc(OC)c(OC)cc1OC. The molecule has 2 aromatic carbocycles. The van der Waals surface area contributed by atoms with E-state index < -0.39 is 17.8 Å². The molecule has 9 nitrogen and oxygen atoms in total. The Labute approximate surface area is 228 Å². The molecule has 0 bridgehead atoms. The highest BCUT2D eigenvalue weighted by atomic mass is 16.5. The number of hydrogen-bond donors (Lipinski definition) is 0. The molecule has 1 aliphatic carbocycles. The number of hydrogen-bond acceptors (Lipinski definition) is 9. The number of allylic oxidation sites excluding steroid dienone is 2. The first-order valence-electron chi connectivity index (χ1n) is 12.8. The molecular formula is C30H35NO8. The average Bonchev–Trinajstić information content (AvgIpc) is 2.95. The molecule has 2 aliphatic rings. The number of aliphatic imine (C=N–C) groups is 1. The molecule has 1 heterocycles. The molecule has 9 heteroatoms. The normalized spacial score (nSPS) is 20.5. The number of ether oxygens (including phenoxy) is 6. The largest absolute Gasteiger partial charge is 0.496 e. The van der Waals surface area contributed by atoms with Crippen molar-refractivity contribution in [2.45, 2.75) is 38.5 Å². The number of benzene rings is 2. The van der Waals surface area contributed by atoms with Gasteiger partial charge in [-0.15, -0.1) is 0 Å². The highest BCUT2D eigenvalue weighted by Gasteiger charge is 2.46. The van der Waals surface area contributed by atoms with Crippen LogP contribution in [-0.2, 0) is 14.3 Å². The van der Waals surface area contributed by atoms with Crippen LogP contribution in [0.4, 0.5) is 0 Å². The van der Waals surface area contributed by atoms with Crippen molar-refractivity contribution in [1.29, 1.82) is 0 Å². The third-order valence-corrected chi connectivity index (χ3v) is 7.38. The lowest BCUT2D eigenvalue weighted by atomic mass is 9.69. The van der Waals surface area contributed by atoms with Gasteiger partial charge in [0.25, 0.3) is 0 Å². The number of nitrogens with zero attached hydrogens (tertiary/aromatic N) is 1. The lowest BCUT2D eigenvalue weighted by Crippen LogP contribution is -2.38. The third-order valence-electron chi connectivity index (χ3n) is 7.38. The summed E-state index contributed by atoms with van der Waals surface area (Å²) in [4.78, 5) is 32.1. The first kappa shape index (κ1) is 28.0. The van der Waals surface area contributed by atoms with Crippen molar-refractivity contribution in [2.75, 3.05) is 42.2 Å². The second-order valence-corrected chi connectivity index (χ2v) is 9.41. The summed E-state index contributed by atoms with van der Waals surface area (Å²) in [5.74, 6) is 0.541. The van der Waals surface area contributed by atoms with Crippen molar-refractivity contribution < 1.29 is 38.0 Å². The van der Waals surface area contributed by atoms with Crippen LogP contribution in [0.5, 0.6) is 28.7 Å². The van der Waals surface area contributed by atoms with E-state index in [1.807, 2.05) is 18.2 Å². The summed E-state index contributed by atoms with van der Waals surface area (Å²) in [7, 11) is 7.78. The van der Waals surface area contributed by atoms with Gasteiger partial charge >= 0.3 is 5.97 Å². The Hall–Kier alpha value is -4.01. The van der Waals surface area contributed by atoms with Gasteiger partial charge in [-0.1, -0.05) is 6.07 Å². The predicted octanol–water partition coefficient (Wildman–Crippen LogP) is 4.87. The van der Waals surface area contributed by atoms with Crippen LogP contribution in [0.25, 0.3) is 0 Å². The van der Waals surface area contributed by atoms with Gasteiger partial charge in [0, 0.05) is 41.0 Å². The van der Waals surface area contributed by atoms with Crippen LogP contribution in [-0.4, -0.2) is 59.6 Å². The number of esters is 1. The lowest BCUT2D eigenvalue weighted by Gasteiger charge is -2.37. The van der Waals surface area contributed by atoms with Crippen molar-refractivity contribution in [3.63, 3.8) is 0 Å². The molecule has 3 atom stereocenters. The molecule has 0 radical (unpaired) electrons. The van der Waals surface area contributed by atoms with E-state index in [4.69, 9.17) is 33.4 Å². The molecule has 0 aromatic heterocycles. The summed E-state index contributed by atoms with van der Waals surface area (Å²) in [6, 6.07) is 9.16. The number of carbonyl (C=O) groups is 2. The van der Waals surface area contributed by atoms with Gasteiger partial charge in [-0.05, 0) is 49.9 Å². The fourth-order valence-corrected chi connectivity index (χ4v) is 5.57. The maximum Gasteiger partial charge on any atom is 0.315 e. The van der Waals surface area contributed by atoms with E-state index in [-0.39, 0.29) is 24.7 Å². The Morgan fingerprint density at radius 1 is 0.846 bits per heavy atom. The van der Waals surface area contributed by atoms with Crippen LogP contribution in [0.1, 0.15) is 49.7 Å². The zero-order chi connectivity index (χ0) is 28.3. The summed E-state index contributed by atoms with van der Waals surface area (Å²) in [5.41, 5.74) is 3.32. The number of Topliss-reactive ketones (excluding diaryl/α,β-unsaturated/α-hetero) is 1. The standard InChI is InChI=1S/C30H35NO8/c1-8-39-30(33)27-16(2)31-20-11-18(17-9-10-22(34-3)24(13-17)36-5)12-21(32)29(20)28(27)19-14-25(37-6)26(38-7)15-23(19)35-4/h9-10,13-15,18,27-28H,8,11-12H2,1-7H3/t18-,27?,28-/m0/s1. The Kier molecular flexibility index (Phi) is 8.47. The molecular weight excluding hydrogens is 502 g/mol. The summed E-state index contributed by atoms with van der Waals surface area (Å²) in [6.45, 7) is 3.76. The smallest absolute Gasteiger partial charge is 0.315 e. The quantitative estimate of drug-likeness (QED) is 0.418. The second-order valence-electron chi connectivity index (χ2n) is 9.41. The highest BCUT2D eigenvalue weighted by molar-refractivity contribution is 6.09. The van der Waals surface area contributed by atoms with Gasteiger partial charge in [0.1, 0.15) is 11.7 Å². The van der Waals surface area contributed by atoms with Crippen LogP contribution >= 0.6 is 0 Å². The summed E-state index contributed by atoms with van der Waals surface area (Å²) in [6.07, 6.45) is 0.778. The predicted molar refractivity (Wildman–Crippen MR) is 146 cm³/mol. The van der Waals surface area contributed by atoms with Crippen LogP contribution in [0.3, 0.4) is 0 Å². The van der Waals surface area contributed by atoms with Gasteiger partial charge in [0.05, 0.1) is 42.2 Å². The molecule has 4 rings (SSSR count). The van der Waals surface area contributed by atoms with Gasteiger partial charge in [-0.25, -0.2) is 0 Å². The second kappa shape index (κ2) is 11.8. The van der Waals surface area contributed by atoms with E-state index in [9.17, 15) is 9.59 Å². The van der Waals surface area contributed by atoms with E-state index in [1.165, 1.54) is 14.2 Å². The first-order chi connectivity index (χ1) is 18.8. The Bertz CT molecular complexity index is 1330. The van der Waals surface area contributed by atoms with Crippen molar-refractivity contribution in [3.8, 4) is 28.7 Å². The Morgan fingerprint density at radius 2 is 1.46 bits per heavy atom. The van der Waals surface area contributed by atoms with Crippen LogP contribution in [0.2, 0.25) is 0 Å². The number of methoxy groups -OCH3 is 5. The fraction of sp³-hybridized carbons (Fsp3) is 0.433. The minimum atomic E-state index is -0.794. The van der Waals surface area contributed by atoms with E-state index in [1.54, 1.807) is 47.3 Å². The van der Waals surface area contributed by atoms with Crippen molar-refractivity contribution in [3.05, 3.63) is 52.7 Å². The minimum absolute atomic E-state index is 0.0802. The van der Waals surface area contributed by atoms with E-state index in [2.05, 4.69) is 0 Å². The summed E-state index contributed by atoms with van der Waals surface area (Å²) in [5, 5.41) is 0. The topological polar surface area (TPSA) is 102 Å². The zero-order valence-corrected chi connectivity index (χ0v) is 23.5. The maximum absolute atomic E-state index is 14.0. The molecule has 1 aliphatic heterocycles. The molecule has 39 heavy (non-hydrogen) atoms. The van der Waals surface area contributed by atoms with Crippen LogP contribution in [0.15, 0.2) is 46.6 Å². The number of carbonyl (C=O) groups excluding carboxylic acids is 2. The van der Waals surface area contributed by atoms with Gasteiger partial charge in [0.15, 0.2) is 28.8 Å². The molecule has 2 aromatic rings. The minimum Gasteiger partial charge on any atom is -0.496 e. The average molecular weight is 538 g/mol. The molecule has 0 fully saturated rings. The molecule has 1 unspecified atom stereocenters. The molecule has 0 saturated heterocycles. The first-order valence-corrected chi connectivity index (χ1v) is 12.8. The molecule has 208 valence electrons. The van der Waals surface area contributed by atoms with Crippen LogP contribution < -0.4 is 23.7 Å². The number of rotatable bonds is 9. The summed E-state index contributed by atoms with van der Waals surface area (Å²) >= 11 is 0. The van der Waals surface area contributed by atoms with Crippen LogP contribution in [0, 0.1) is 5.92 Å². The molecule has 0 saturated carbocycles. The van der Waals surface area contributed by atoms with E-state index in [0.29, 0.717) is 57.7 Å². The Balaban J connectivity index is 1.87. The highest BCUT2D eigenvalue weighted by Crippen LogP contribution is 2.51. The lowest BCUT2D eigenvalue weighted by molar-refractivity contribution is -0.146. The van der Waals surface area contributed by atoms with Gasteiger partial charge in [-0.3, -0.25) is 14.6 Å². The maximum atomic E-state index is 14.0. The monoisotopic (exact) mass is 537 g/mol. The third kappa shape index (κ3) is 5.17. The number of ketones is 1. The van der Waals surface area contributed by atoms with Gasteiger partial charge in [0.2, 0.25) is 0 Å². The van der Waals surface area contributed by atoms with Crippen molar-refractivity contribution >= 4 is 17.5 Å². The summed E-state index contributed by atoms with van der Waals surface area (Å²) < 4.78 is 33.1. The van der Waals surface area contributed by atoms with Gasteiger partial charge < -0.3 is 28.4 Å². The molecule has 0 N–H and O–H groups in total. The van der Waals surface area contributed by atoms with Crippen molar-refractivity contribution in [1.82, 2.24) is 0 Å². The van der Waals surface area contributed by atoms with E-state index in [0.717, 1.165) is 5.56 Å². The van der Waals surface area contributed by atoms with E-state index >= 15 is 0 Å². The van der Waals surface area contributed by atoms with Crippen molar-refractivity contribution in [2.24, 2.45) is 10.9 Å². The molecule has 0 spiro atoms. The fourth-order valence-electron chi connectivity index (χ4n) is 5.57. The Morgan fingerprint density at radius 3 is 2.08 bits per heavy atom. The molecule has 0 amide bonds.